The number of hydrogen-bond acceptors (Lipinski definition) is 7. The first-order valence-corrected chi connectivity index (χ1v) is 16.2. The van der Waals surface area contributed by atoms with E-state index < -0.39 is 17.3 Å². The molecule has 3 aromatic rings. The van der Waals surface area contributed by atoms with Crippen molar-refractivity contribution in [2.75, 3.05) is 37.7 Å². The number of piperazine rings is 1. The summed E-state index contributed by atoms with van der Waals surface area (Å²) in [4.78, 5) is 44.0. The molecule has 46 heavy (non-hydrogen) atoms. The summed E-state index contributed by atoms with van der Waals surface area (Å²) >= 11 is 0. The fraction of sp³-hybridized carbons (Fsp3) is 0.432. The van der Waals surface area contributed by atoms with Gasteiger partial charge in [-0.1, -0.05) is 57.0 Å². The summed E-state index contributed by atoms with van der Waals surface area (Å²) in [6.07, 6.45) is 4.07. The van der Waals surface area contributed by atoms with Crippen LogP contribution in [0.25, 0.3) is 0 Å². The molecule has 0 aromatic heterocycles. The van der Waals surface area contributed by atoms with Gasteiger partial charge in [-0.15, -0.1) is 0 Å². The number of Topliss-reactive ketones (excluding diaryl/α,β-unsaturated/α-hetero) is 1. The number of hydrogen-bond donors (Lipinski definition) is 2. The molecule has 2 N–H and O–H groups in total. The molecule has 0 amide bonds. The van der Waals surface area contributed by atoms with Crippen LogP contribution in [0.2, 0.25) is 0 Å². The maximum Gasteiger partial charge on any atom is 0.336 e. The highest BCUT2D eigenvalue weighted by Gasteiger charge is 2.40. The lowest BCUT2D eigenvalue weighted by Crippen LogP contribution is -2.66. The summed E-state index contributed by atoms with van der Waals surface area (Å²) in [7, 11) is 0. The number of benzene rings is 3. The van der Waals surface area contributed by atoms with E-state index in [-0.39, 0.29) is 46.7 Å². The minimum absolute atomic E-state index is 0.0547. The van der Waals surface area contributed by atoms with E-state index in [9.17, 15) is 23.9 Å². The van der Waals surface area contributed by atoms with Crippen molar-refractivity contribution in [2.24, 2.45) is 0 Å². The van der Waals surface area contributed by atoms with Crippen LogP contribution in [0.15, 0.2) is 66.7 Å². The zero-order valence-corrected chi connectivity index (χ0v) is 27.4. The number of halogens is 1. The summed E-state index contributed by atoms with van der Waals surface area (Å²) in [6, 6.07) is 18.0. The Kier molecular flexibility index (Phi) is 12.1. The van der Waals surface area contributed by atoms with Gasteiger partial charge in [-0.25, -0.2) is 9.18 Å². The number of carboxylic acid groups (broad SMARTS) is 1. The van der Waals surface area contributed by atoms with Gasteiger partial charge in [-0.3, -0.25) is 14.5 Å². The number of unbranched alkanes of at least 4 members (excludes halogenated alkanes) is 2. The number of nitrogens with one attached hydrogen (secondary N) is 1. The van der Waals surface area contributed by atoms with Gasteiger partial charge in [0, 0.05) is 56.1 Å². The van der Waals surface area contributed by atoms with Crippen molar-refractivity contribution >= 4 is 23.2 Å². The molecule has 4 rings (SSSR count). The molecule has 1 aliphatic heterocycles. The Morgan fingerprint density at radius 1 is 0.978 bits per heavy atom. The van der Waals surface area contributed by atoms with Crippen LogP contribution < -0.4 is 15.0 Å². The van der Waals surface area contributed by atoms with Gasteiger partial charge in [-0.05, 0) is 62.6 Å². The number of aromatic carboxylic acids is 1. The molecule has 2 unspecified atom stereocenters. The SMILES string of the molecule is CCCCN(CCCC)c1ccc(C(=O)c2ccccc2C(=O)O)c(OCC(=O)C2(C)CN(Cc3ccc(F)cc3)C(C)CN2)c1. The molecule has 9 heteroatoms. The smallest absolute Gasteiger partial charge is 0.336 e. The maximum atomic E-state index is 13.8. The highest BCUT2D eigenvalue weighted by molar-refractivity contribution is 6.15. The van der Waals surface area contributed by atoms with Crippen LogP contribution in [0.5, 0.6) is 5.75 Å². The number of carbonyl (C=O) groups is 3. The summed E-state index contributed by atoms with van der Waals surface area (Å²) in [5, 5.41) is 13.1. The van der Waals surface area contributed by atoms with Crippen LogP contribution in [-0.4, -0.2) is 71.9 Å². The van der Waals surface area contributed by atoms with Crippen molar-refractivity contribution in [3.8, 4) is 5.75 Å². The predicted octanol–water partition coefficient (Wildman–Crippen LogP) is 6.36. The Labute approximate surface area is 271 Å². The van der Waals surface area contributed by atoms with Gasteiger partial charge in [0.2, 0.25) is 0 Å². The van der Waals surface area contributed by atoms with E-state index in [1.165, 1.54) is 24.3 Å². The quantitative estimate of drug-likeness (QED) is 0.176. The minimum Gasteiger partial charge on any atom is -0.485 e. The number of rotatable bonds is 16. The average molecular weight is 632 g/mol. The molecule has 1 aliphatic rings. The molecule has 0 saturated carbocycles. The first kappa shape index (κ1) is 34.8. The summed E-state index contributed by atoms with van der Waals surface area (Å²) in [5.74, 6) is -1.90. The third-order valence-electron chi connectivity index (χ3n) is 8.74. The largest absolute Gasteiger partial charge is 0.485 e. The third-order valence-corrected chi connectivity index (χ3v) is 8.74. The molecule has 1 saturated heterocycles. The van der Waals surface area contributed by atoms with Crippen LogP contribution in [0.3, 0.4) is 0 Å². The summed E-state index contributed by atoms with van der Waals surface area (Å²) in [6.45, 7) is 11.2. The zero-order chi connectivity index (χ0) is 33.3. The number of carbonyl (C=O) groups excluding carboxylic acids is 2. The Balaban J connectivity index is 1.61. The summed E-state index contributed by atoms with van der Waals surface area (Å²) in [5.41, 5.74) is 1.08. The highest BCUT2D eigenvalue weighted by atomic mass is 19.1. The topological polar surface area (TPSA) is 99.2 Å². The van der Waals surface area contributed by atoms with E-state index >= 15 is 0 Å². The average Bonchev–Trinajstić information content (AvgIpc) is 3.06. The lowest BCUT2D eigenvalue weighted by molar-refractivity contribution is -0.129. The second-order valence-electron chi connectivity index (χ2n) is 12.4. The van der Waals surface area contributed by atoms with E-state index in [4.69, 9.17) is 4.74 Å². The minimum atomic E-state index is -1.20. The first-order chi connectivity index (χ1) is 22.1. The Hall–Kier alpha value is -4.08. The van der Waals surface area contributed by atoms with Crippen LogP contribution in [-0.2, 0) is 11.3 Å². The lowest BCUT2D eigenvalue weighted by atomic mass is 9.91. The summed E-state index contributed by atoms with van der Waals surface area (Å²) < 4.78 is 19.7. The van der Waals surface area contributed by atoms with Gasteiger partial charge in [0.05, 0.1) is 16.7 Å². The molecule has 8 nitrogen and oxygen atoms in total. The van der Waals surface area contributed by atoms with E-state index in [1.54, 1.807) is 36.4 Å². The Morgan fingerprint density at radius 2 is 1.63 bits per heavy atom. The number of ether oxygens (including phenoxy) is 1. The zero-order valence-electron chi connectivity index (χ0n) is 27.4. The van der Waals surface area contributed by atoms with Gasteiger partial charge < -0.3 is 20.1 Å². The molecule has 3 aromatic carbocycles. The van der Waals surface area contributed by atoms with Gasteiger partial charge in [0.25, 0.3) is 0 Å². The molecular formula is C37H46FN3O5. The molecule has 246 valence electrons. The molecule has 0 spiro atoms. The van der Waals surface area contributed by atoms with E-state index in [0.29, 0.717) is 19.6 Å². The van der Waals surface area contributed by atoms with Crippen molar-refractivity contribution in [3.05, 3.63) is 94.8 Å². The van der Waals surface area contributed by atoms with E-state index in [2.05, 4.69) is 35.9 Å². The van der Waals surface area contributed by atoms with E-state index in [0.717, 1.165) is 50.0 Å². The van der Waals surface area contributed by atoms with Gasteiger partial charge in [0.15, 0.2) is 11.6 Å². The number of anilines is 1. The van der Waals surface area contributed by atoms with Crippen LogP contribution in [0.4, 0.5) is 10.1 Å². The second-order valence-corrected chi connectivity index (χ2v) is 12.4. The number of ketones is 2. The van der Waals surface area contributed by atoms with Crippen LogP contribution in [0, 0.1) is 5.82 Å². The molecular weight excluding hydrogens is 585 g/mol. The van der Waals surface area contributed by atoms with Gasteiger partial charge in [-0.2, -0.15) is 0 Å². The van der Waals surface area contributed by atoms with Crippen molar-refractivity contribution in [1.29, 1.82) is 0 Å². The monoisotopic (exact) mass is 631 g/mol. The van der Waals surface area contributed by atoms with E-state index in [1.807, 2.05) is 13.0 Å². The Morgan fingerprint density at radius 3 is 2.26 bits per heavy atom. The van der Waals surface area contributed by atoms with Gasteiger partial charge in [0.1, 0.15) is 18.2 Å². The maximum absolute atomic E-state index is 13.8. The van der Waals surface area contributed by atoms with Crippen molar-refractivity contribution in [2.45, 2.75) is 71.5 Å². The number of nitrogens with zero attached hydrogens (tertiary/aromatic N) is 2. The van der Waals surface area contributed by atoms with Crippen molar-refractivity contribution in [1.82, 2.24) is 10.2 Å². The second kappa shape index (κ2) is 16.0. The van der Waals surface area contributed by atoms with Crippen LogP contribution in [0.1, 0.15) is 85.2 Å². The van der Waals surface area contributed by atoms with Crippen molar-refractivity contribution in [3.63, 3.8) is 0 Å². The molecule has 0 bridgehead atoms. The fourth-order valence-corrected chi connectivity index (χ4v) is 5.74. The third kappa shape index (κ3) is 8.59. The number of carboxylic acids is 1. The molecule has 2 atom stereocenters. The Bertz CT molecular complexity index is 1500. The van der Waals surface area contributed by atoms with Crippen LogP contribution >= 0.6 is 0 Å². The predicted molar refractivity (Wildman–Crippen MR) is 178 cm³/mol. The molecule has 0 radical (unpaired) electrons. The highest BCUT2D eigenvalue weighted by Crippen LogP contribution is 2.30. The first-order valence-electron chi connectivity index (χ1n) is 16.2. The normalized spacial score (nSPS) is 18.2. The molecule has 1 heterocycles. The standard InChI is InChI=1S/C37H46FN3O5/c1-5-7-19-40(20-8-6-2)29-17-18-32(35(43)30-11-9-10-12-31(30)36(44)45)33(21-29)46-24-34(42)37(4)25-41(26(3)22-39-37)23-27-13-15-28(38)16-14-27/h9-18,21,26,39H,5-8,19-20,22-25H2,1-4H3,(H,44,45). The van der Waals surface area contributed by atoms with Gasteiger partial charge >= 0.3 is 5.97 Å². The lowest BCUT2D eigenvalue weighted by Gasteiger charge is -2.44. The molecule has 0 aliphatic carbocycles. The molecule has 1 fully saturated rings. The van der Waals surface area contributed by atoms with Crippen molar-refractivity contribution < 1.29 is 28.6 Å². The fourth-order valence-electron chi connectivity index (χ4n) is 5.74.